The summed E-state index contributed by atoms with van der Waals surface area (Å²) in [5.41, 5.74) is 0.855. The Balaban J connectivity index is 1.30. The summed E-state index contributed by atoms with van der Waals surface area (Å²) < 4.78 is 6.28. The Kier molecular flexibility index (Phi) is 5.93. The first-order valence-corrected chi connectivity index (χ1v) is 10.4. The van der Waals surface area contributed by atoms with Crippen LogP contribution in [0.1, 0.15) is 12.8 Å². The molecule has 2 aliphatic rings. The van der Waals surface area contributed by atoms with Crippen LogP contribution < -0.4 is 10.2 Å². The summed E-state index contributed by atoms with van der Waals surface area (Å²) in [6.07, 6.45) is 1.12. The van der Waals surface area contributed by atoms with E-state index in [-0.39, 0.29) is 24.2 Å². The maximum Gasteiger partial charge on any atom is 0.229 e. The van der Waals surface area contributed by atoms with E-state index < -0.39 is 0 Å². The maximum absolute atomic E-state index is 12.5. The van der Waals surface area contributed by atoms with Crippen molar-refractivity contribution >= 4 is 44.5 Å². The summed E-state index contributed by atoms with van der Waals surface area (Å²) >= 11 is 3.43. The van der Waals surface area contributed by atoms with Crippen LogP contribution in [-0.2, 0) is 14.3 Å². The molecule has 0 radical (unpaired) electrons. The van der Waals surface area contributed by atoms with Gasteiger partial charge < -0.3 is 10.1 Å². The van der Waals surface area contributed by atoms with E-state index in [1.165, 1.54) is 0 Å². The molecule has 3 heterocycles. The molecule has 2 N–H and O–H groups in total. The molecule has 1 atom stereocenters. The molecule has 2 amide bonds. The molecule has 0 aliphatic carbocycles. The van der Waals surface area contributed by atoms with Crippen molar-refractivity contribution in [1.29, 1.82) is 0 Å². The maximum atomic E-state index is 12.5. The molecule has 2 aromatic rings. The lowest BCUT2D eigenvalue weighted by Crippen LogP contribution is -2.39. The van der Waals surface area contributed by atoms with Gasteiger partial charge in [0.15, 0.2) is 5.82 Å². The summed E-state index contributed by atoms with van der Waals surface area (Å²) in [6, 6.07) is 5.76. The van der Waals surface area contributed by atoms with Gasteiger partial charge in [0.1, 0.15) is 0 Å². The molecule has 2 fully saturated rings. The molecule has 8 nitrogen and oxygen atoms in total. The Morgan fingerprint density at radius 1 is 1.36 bits per heavy atom. The summed E-state index contributed by atoms with van der Waals surface area (Å²) in [5.74, 6) is 0.137. The van der Waals surface area contributed by atoms with Crippen LogP contribution in [0.25, 0.3) is 10.9 Å². The van der Waals surface area contributed by atoms with Crippen LogP contribution in [0.3, 0.4) is 0 Å². The Morgan fingerprint density at radius 2 is 2.18 bits per heavy atom. The van der Waals surface area contributed by atoms with E-state index in [1.807, 2.05) is 18.2 Å². The zero-order valence-electron chi connectivity index (χ0n) is 15.6. The summed E-state index contributed by atoms with van der Waals surface area (Å²) in [6.45, 7) is 5.41. The SMILES string of the molecule is O=C(NCCCN1CCOCC1)C1CC(=O)N(c2n[nH]c3cc(Br)ccc23)C1. The highest BCUT2D eigenvalue weighted by molar-refractivity contribution is 9.10. The van der Waals surface area contributed by atoms with E-state index in [0.29, 0.717) is 18.9 Å². The number of hydrogen-bond donors (Lipinski definition) is 2. The number of aromatic nitrogens is 2. The zero-order valence-corrected chi connectivity index (χ0v) is 17.2. The van der Waals surface area contributed by atoms with Crippen LogP contribution >= 0.6 is 15.9 Å². The van der Waals surface area contributed by atoms with Crippen molar-refractivity contribution < 1.29 is 14.3 Å². The predicted octanol–water partition coefficient (Wildman–Crippen LogP) is 1.52. The number of halogens is 1. The highest BCUT2D eigenvalue weighted by atomic mass is 79.9. The Morgan fingerprint density at radius 3 is 3.00 bits per heavy atom. The predicted molar refractivity (Wildman–Crippen MR) is 109 cm³/mol. The molecule has 28 heavy (non-hydrogen) atoms. The molecule has 1 unspecified atom stereocenters. The minimum Gasteiger partial charge on any atom is -0.379 e. The number of morpholine rings is 1. The van der Waals surface area contributed by atoms with Crippen LogP contribution in [0.15, 0.2) is 22.7 Å². The number of rotatable bonds is 6. The Bertz CT molecular complexity index is 864. The van der Waals surface area contributed by atoms with Gasteiger partial charge in [0.25, 0.3) is 0 Å². The number of carbonyl (C=O) groups excluding carboxylic acids is 2. The third kappa shape index (κ3) is 4.21. The lowest BCUT2D eigenvalue weighted by molar-refractivity contribution is -0.126. The minimum atomic E-state index is -0.335. The summed E-state index contributed by atoms with van der Waals surface area (Å²) in [4.78, 5) is 29.0. The highest BCUT2D eigenvalue weighted by Gasteiger charge is 2.36. The number of benzene rings is 1. The molecule has 0 spiro atoms. The minimum absolute atomic E-state index is 0.0552. The van der Waals surface area contributed by atoms with Crippen molar-refractivity contribution in [1.82, 2.24) is 20.4 Å². The third-order valence-corrected chi connectivity index (χ3v) is 5.80. The first-order chi connectivity index (χ1) is 13.6. The number of hydrogen-bond acceptors (Lipinski definition) is 5. The molecule has 150 valence electrons. The molecule has 9 heteroatoms. The fraction of sp³-hybridized carbons (Fsp3) is 0.526. The van der Waals surface area contributed by atoms with Gasteiger partial charge in [-0.15, -0.1) is 0 Å². The van der Waals surface area contributed by atoms with Crippen molar-refractivity contribution in [3.05, 3.63) is 22.7 Å². The van der Waals surface area contributed by atoms with E-state index in [4.69, 9.17) is 4.74 Å². The second-order valence-corrected chi connectivity index (χ2v) is 8.16. The van der Waals surface area contributed by atoms with Gasteiger partial charge in [-0.3, -0.25) is 24.5 Å². The van der Waals surface area contributed by atoms with Gasteiger partial charge in [-0.2, -0.15) is 5.10 Å². The Hall–Kier alpha value is -1.97. The third-order valence-electron chi connectivity index (χ3n) is 5.31. The second-order valence-electron chi connectivity index (χ2n) is 7.24. The van der Waals surface area contributed by atoms with Gasteiger partial charge in [-0.25, -0.2) is 0 Å². The number of anilines is 1. The van der Waals surface area contributed by atoms with Gasteiger partial charge in [0, 0.05) is 42.5 Å². The van der Waals surface area contributed by atoms with E-state index in [1.54, 1.807) is 4.90 Å². The number of aromatic amines is 1. The number of nitrogens with zero attached hydrogens (tertiary/aromatic N) is 3. The number of nitrogens with one attached hydrogen (secondary N) is 2. The number of carbonyl (C=O) groups is 2. The van der Waals surface area contributed by atoms with Gasteiger partial charge in [-0.1, -0.05) is 15.9 Å². The van der Waals surface area contributed by atoms with Crippen molar-refractivity contribution in [2.75, 3.05) is 50.8 Å². The topological polar surface area (TPSA) is 90.6 Å². The van der Waals surface area contributed by atoms with Crippen molar-refractivity contribution in [2.45, 2.75) is 12.8 Å². The first-order valence-electron chi connectivity index (χ1n) is 9.63. The lowest BCUT2D eigenvalue weighted by atomic mass is 10.1. The average molecular weight is 450 g/mol. The largest absolute Gasteiger partial charge is 0.379 e. The number of fused-ring (bicyclic) bond motifs is 1. The smallest absolute Gasteiger partial charge is 0.229 e. The number of amides is 2. The van der Waals surface area contributed by atoms with Crippen LogP contribution in [0, 0.1) is 5.92 Å². The monoisotopic (exact) mass is 449 g/mol. The van der Waals surface area contributed by atoms with Crippen molar-refractivity contribution in [3.8, 4) is 0 Å². The van der Waals surface area contributed by atoms with E-state index >= 15 is 0 Å². The summed E-state index contributed by atoms with van der Waals surface area (Å²) in [7, 11) is 0. The molecule has 1 aromatic carbocycles. The van der Waals surface area contributed by atoms with Crippen LogP contribution in [0.4, 0.5) is 5.82 Å². The number of H-pyrrole nitrogens is 1. The molecule has 0 saturated carbocycles. The quantitative estimate of drug-likeness (QED) is 0.652. The molecule has 2 saturated heterocycles. The standard InChI is InChI=1S/C19H24BrN5O3/c20-14-2-3-15-16(11-14)22-23-18(15)25-12-13(10-17(25)26)19(27)21-4-1-5-24-6-8-28-9-7-24/h2-3,11,13H,1,4-10,12H2,(H,21,27)(H,22,23). The van der Waals surface area contributed by atoms with Crippen LogP contribution in [0.5, 0.6) is 0 Å². The summed E-state index contributed by atoms with van der Waals surface area (Å²) in [5, 5.41) is 11.1. The molecule has 4 rings (SSSR count). The van der Waals surface area contributed by atoms with Gasteiger partial charge in [-0.05, 0) is 31.2 Å². The molecular weight excluding hydrogens is 426 g/mol. The van der Waals surface area contributed by atoms with E-state index in [9.17, 15) is 9.59 Å². The van der Waals surface area contributed by atoms with Crippen LogP contribution in [-0.4, -0.2) is 72.8 Å². The molecular formula is C19H24BrN5O3. The second kappa shape index (κ2) is 8.59. The normalized spacial score (nSPS) is 20.8. The Labute approximate surface area is 171 Å². The zero-order chi connectivity index (χ0) is 19.5. The molecule has 1 aromatic heterocycles. The number of ether oxygens (including phenoxy) is 1. The molecule has 2 aliphatic heterocycles. The average Bonchev–Trinajstić information content (AvgIpc) is 3.28. The highest BCUT2D eigenvalue weighted by Crippen LogP contribution is 2.31. The fourth-order valence-electron chi connectivity index (χ4n) is 3.75. The van der Waals surface area contributed by atoms with E-state index in [2.05, 4.69) is 36.3 Å². The van der Waals surface area contributed by atoms with E-state index in [0.717, 1.165) is 54.6 Å². The van der Waals surface area contributed by atoms with Crippen molar-refractivity contribution in [2.24, 2.45) is 5.92 Å². The van der Waals surface area contributed by atoms with Gasteiger partial charge >= 0.3 is 0 Å². The van der Waals surface area contributed by atoms with Crippen LogP contribution in [0.2, 0.25) is 0 Å². The fourth-order valence-corrected chi connectivity index (χ4v) is 4.12. The van der Waals surface area contributed by atoms with Gasteiger partial charge in [0.2, 0.25) is 11.8 Å². The van der Waals surface area contributed by atoms with Crippen molar-refractivity contribution in [3.63, 3.8) is 0 Å². The van der Waals surface area contributed by atoms with Gasteiger partial charge in [0.05, 0.1) is 24.6 Å². The lowest BCUT2D eigenvalue weighted by Gasteiger charge is -2.26. The molecule has 0 bridgehead atoms. The first kappa shape index (κ1) is 19.4.